The van der Waals surface area contributed by atoms with Crippen molar-refractivity contribution in [2.24, 2.45) is 11.8 Å². The third-order valence-corrected chi connectivity index (χ3v) is 4.39. The molecule has 1 fully saturated rings. The summed E-state index contributed by atoms with van der Waals surface area (Å²) in [6, 6.07) is 6.90. The van der Waals surface area contributed by atoms with Crippen LogP contribution in [0.25, 0.3) is 0 Å². The quantitative estimate of drug-likeness (QED) is 0.809. The van der Waals surface area contributed by atoms with Gasteiger partial charge in [-0.2, -0.15) is 0 Å². The molecule has 1 aromatic carbocycles. The molecule has 1 aliphatic carbocycles. The summed E-state index contributed by atoms with van der Waals surface area (Å²) in [5.74, 6) is 1.64. The van der Waals surface area contributed by atoms with Gasteiger partial charge in [-0.15, -0.1) is 0 Å². The van der Waals surface area contributed by atoms with Crippen LogP contribution in [0.15, 0.2) is 18.2 Å². The maximum Gasteiger partial charge on any atom is 0.0366 e. The van der Waals surface area contributed by atoms with Crippen LogP contribution in [0.2, 0.25) is 0 Å². The highest BCUT2D eigenvalue weighted by Crippen LogP contribution is 2.28. The van der Waals surface area contributed by atoms with E-state index >= 15 is 0 Å². The average Bonchev–Trinajstić information content (AvgIpc) is 2.35. The normalized spacial score (nSPS) is 15.4. The minimum Gasteiger partial charge on any atom is -0.374 e. The van der Waals surface area contributed by atoms with Gasteiger partial charge in [0.25, 0.3) is 0 Å². The van der Waals surface area contributed by atoms with Gasteiger partial charge in [0.1, 0.15) is 0 Å². The molecule has 20 heavy (non-hydrogen) atoms. The minimum atomic E-state index is 0.711. The molecule has 2 heteroatoms. The largest absolute Gasteiger partial charge is 0.374 e. The molecule has 2 rings (SSSR count). The highest BCUT2D eigenvalue weighted by atomic mass is 15.1. The number of benzene rings is 1. The van der Waals surface area contributed by atoms with Gasteiger partial charge in [-0.25, -0.2) is 0 Å². The molecule has 1 N–H and O–H groups in total. The second kappa shape index (κ2) is 7.12. The number of anilines is 1. The molecule has 0 amide bonds. The van der Waals surface area contributed by atoms with Gasteiger partial charge in [0.2, 0.25) is 0 Å². The van der Waals surface area contributed by atoms with Crippen molar-refractivity contribution in [1.29, 1.82) is 0 Å². The first kappa shape index (κ1) is 15.4. The zero-order chi connectivity index (χ0) is 14.5. The van der Waals surface area contributed by atoms with E-state index in [1.807, 2.05) is 0 Å². The van der Waals surface area contributed by atoms with Gasteiger partial charge >= 0.3 is 0 Å². The molecule has 1 saturated carbocycles. The molecule has 0 heterocycles. The first-order valence-electron chi connectivity index (χ1n) is 8.07. The Morgan fingerprint density at radius 2 is 2.05 bits per heavy atom. The molecule has 0 radical (unpaired) electrons. The molecule has 2 nitrogen and oxygen atoms in total. The van der Waals surface area contributed by atoms with Crippen molar-refractivity contribution in [1.82, 2.24) is 5.32 Å². The van der Waals surface area contributed by atoms with Crippen molar-refractivity contribution in [2.75, 3.05) is 25.0 Å². The van der Waals surface area contributed by atoms with E-state index in [0.29, 0.717) is 5.92 Å². The van der Waals surface area contributed by atoms with Crippen molar-refractivity contribution < 1.29 is 0 Å². The van der Waals surface area contributed by atoms with E-state index in [0.717, 1.165) is 19.0 Å². The van der Waals surface area contributed by atoms with Crippen LogP contribution in [-0.4, -0.2) is 20.1 Å². The van der Waals surface area contributed by atoms with Gasteiger partial charge in [0, 0.05) is 25.8 Å². The third kappa shape index (κ3) is 4.24. The summed E-state index contributed by atoms with van der Waals surface area (Å²) in [7, 11) is 2.23. The van der Waals surface area contributed by atoms with Crippen LogP contribution >= 0.6 is 0 Å². The predicted molar refractivity (Wildman–Crippen MR) is 88.3 cm³/mol. The highest BCUT2D eigenvalue weighted by molar-refractivity contribution is 5.50. The number of rotatable bonds is 7. The van der Waals surface area contributed by atoms with Crippen molar-refractivity contribution in [3.8, 4) is 0 Å². The van der Waals surface area contributed by atoms with Gasteiger partial charge in [-0.05, 0) is 61.4 Å². The fourth-order valence-electron chi connectivity index (χ4n) is 2.78. The van der Waals surface area contributed by atoms with E-state index in [1.54, 1.807) is 0 Å². The lowest BCUT2D eigenvalue weighted by atomic mass is 9.85. The Balaban J connectivity index is 1.90. The summed E-state index contributed by atoms with van der Waals surface area (Å²) in [5, 5.41) is 3.53. The Morgan fingerprint density at radius 1 is 1.30 bits per heavy atom. The number of hydrogen-bond donors (Lipinski definition) is 1. The number of hydrogen-bond acceptors (Lipinski definition) is 2. The molecule has 0 spiro atoms. The van der Waals surface area contributed by atoms with E-state index in [4.69, 9.17) is 0 Å². The topological polar surface area (TPSA) is 15.3 Å². The first-order chi connectivity index (χ1) is 9.56. The van der Waals surface area contributed by atoms with E-state index in [2.05, 4.69) is 56.2 Å². The Bertz CT molecular complexity index is 421. The smallest absolute Gasteiger partial charge is 0.0366 e. The Labute approximate surface area is 124 Å². The van der Waals surface area contributed by atoms with Crippen LogP contribution < -0.4 is 10.2 Å². The van der Waals surface area contributed by atoms with Crippen LogP contribution in [0.4, 0.5) is 5.69 Å². The second-order valence-corrected chi connectivity index (χ2v) is 6.81. The van der Waals surface area contributed by atoms with Gasteiger partial charge in [-0.3, -0.25) is 0 Å². The summed E-state index contributed by atoms with van der Waals surface area (Å²) >= 11 is 0. The Morgan fingerprint density at radius 3 is 2.60 bits per heavy atom. The standard InChI is InChI=1S/C18H30N2/c1-14(2)11-19-12-17-8-9-18(10-15(17)3)20(4)13-16-6-5-7-16/h8-10,14,16,19H,5-7,11-13H2,1-4H3. The number of nitrogens with one attached hydrogen (secondary N) is 1. The van der Waals surface area contributed by atoms with Crippen LogP contribution in [0.5, 0.6) is 0 Å². The fraction of sp³-hybridized carbons (Fsp3) is 0.667. The second-order valence-electron chi connectivity index (χ2n) is 6.81. The molecular formula is C18H30N2. The molecule has 0 atom stereocenters. The van der Waals surface area contributed by atoms with E-state index in [9.17, 15) is 0 Å². The number of aryl methyl sites for hydroxylation is 1. The summed E-state index contributed by atoms with van der Waals surface area (Å²) in [5.41, 5.74) is 4.19. The zero-order valence-electron chi connectivity index (χ0n) is 13.6. The van der Waals surface area contributed by atoms with Gasteiger partial charge < -0.3 is 10.2 Å². The summed E-state index contributed by atoms with van der Waals surface area (Å²) in [6.07, 6.45) is 4.26. The van der Waals surface area contributed by atoms with Crippen LogP contribution in [0, 0.1) is 18.8 Å². The molecule has 1 aromatic rings. The maximum absolute atomic E-state index is 3.53. The summed E-state index contributed by atoms with van der Waals surface area (Å²) < 4.78 is 0. The number of nitrogens with zero attached hydrogens (tertiary/aromatic N) is 1. The average molecular weight is 274 g/mol. The fourth-order valence-corrected chi connectivity index (χ4v) is 2.78. The van der Waals surface area contributed by atoms with Gasteiger partial charge in [-0.1, -0.05) is 26.3 Å². The van der Waals surface area contributed by atoms with E-state index in [1.165, 1.54) is 42.6 Å². The lowest BCUT2D eigenvalue weighted by Crippen LogP contribution is -2.29. The first-order valence-corrected chi connectivity index (χ1v) is 8.07. The lowest BCUT2D eigenvalue weighted by Gasteiger charge is -2.31. The zero-order valence-corrected chi connectivity index (χ0v) is 13.6. The molecule has 1 aliphatic rings. The highest BCUT2D eigenvalue weighted by Gasteiger charge is 2.19. The molecule has 0 saturated heterocycles. The SMILES string of the molecule is Cc1cc(N(C)CC2CCC2)ccc1CNCC(C)C. The molecule has 0 aliphatic heterocycles. The van der Waals surface area contributed by atoms with Gasteiger partial charge in [0.15, 0.2) is 0 Å². The monoisotopic (exact) mass is 274 g/mol. The molecule has 0 unspecified atom stereocenters. The Kier molecular flexibility index (Phi) is 5.47. The molecular weight excluding hydrogens is 244 g/mol. The van der Waals surface area contributed by atoms with Crippen LogP contribution in [-0.2, 0) is 6.54 Å². The maximum atomic E-state index is 3.53. The summed E-state index contributed by atoms with van der Waals surface area (Å²) in [4.78, 5) is 2.42. The van der Waals surface area contributed by atoms with E-state index in [-0.39, 0.29) is 0 Å². The van der Waals surface area contributed by atoms with Gasteiger partial charge in [0.05, 0.1) is 0 Å². The van der Waals surface area contributed by atoms with E-state index < -0.39 is 0 Å². The lowest BCUT2D eigenvalue weighted by molar-refractivity contribution is 0.321. The molecule has 0 bridgehead atoms. The van der Waals surface area contributed by atoms with Crippen LogP contribution in [0.3, 0.4) is 0 Å². The van der Waals surface area contributed by atoms with Crippen molar-refractivity contribution in [3.05, 3.63) is 29.3 Å². The van der Waals surface area contributed by atoms with Crippen LogP contribution in [0.1, 0.15) is 44.2 Å². The Hall–Kier alpha value is -1.02. The van der Waals surface area contributed by atoms with Crippen molar-refractivity contribution in [2.45, 2.75) is 46.6 Å². The van der Waals surface area contributed by atoms with Crippen molar-refractivity contribution >= 4 is 5.69 Å². The predicted octanol–water partition coefficient (Wildman–Crippen LogP) is 3.98. The third-order valence-electron chi connectivity index (χ3n) is 4.39. The van der Waals surface area contributed by atoms with Crippen molar-refractivity contribution in [3.63, 3.8) is 0 Å². The molecule has 112 valence electrons. The summed E-state index contributed by atoms with van der Waals surface area (Å²) in [6.45, 7) is 10.0. The molecule has 0 aromatic heterocycles. The minimum absolute atomic E-state index is 0.711.